The average molecular weight is 484 g/mol. The Morgan fingerprint density at radius 3 is 2.24 bits per heavy atom. The molecule has 0 atom stereocenters. The van der Waals surface area contributed by atoms with Crippen LogP contribution >= 0.6 is 0 Å². The monoisotopic (exact) mass is 483 g/mol. The van der Waals surface area contributed by atoms with Crippen LogP contribution < -0.4 is 14.4 Å². The summed E-state index contributed by atoms with van der Waals surface area (Å²) in [7, 11) is -3.74. The number of ether oxygens (including phenoxy) is 1. The zero-order valence-electron chi connectivity index (χ0n) is 18.8. The molecule has 1 fully saturated rings. The molecule has 9 heteroatoms. The van der Waals surface area contributed by atoms with E-state index in [0.717, 1.165) is 11.3 Å². The molecule has 1 saturated heterocycles. The van der Waals surface area contributed by atoms with Crippen LogP contribution in [0.4, 0.5) is 15.8 Å². The highest BCUT2D eigenvalue weighted by Gasteiger charge is 2.22. The van der Waals surface area contributed by atoms with Gasteiger partial charge in [0.1, 0.15) is 11.6 Å². The molecule has 1 N–H and O–H groups in total. The number of aryl methyl sites for hydroxylation is 1. The lowest BCUT2D eigenvalue weighted by Gasteiger charge is -2.36. The summed E-state index contributed by atoms with van der Waals surface area (Å²) in [6.45, 7) is 4.08. The Morgan fingerprint density at radius 2 is 1.59 bits per heavy atom. The Balaban J connectivity index is 1.28. The molecule has 0 bridgehead atoms. The van der Waals surface area contributed by atoms with E-state index in [0.29, 0.717) is 37.6 Å². The molecule has 178 valence electrons. The van der Waals surface area contributed by atoms with E-state index in [1.165, 1.54) is 36.4 Å². The van der Waals surface area contributed by atoms with E-state index in [1.54, 1.807) is 29.2 Å². The first-order valence-electron chi connectivity index (χ1n) is 10.9. The van der Waals surface area contributed by atoms with Crippen LogP contribution in [0.15, 0.2) is 77.7 Å². The predicted octanol–water partition coefficient (Wildman–Crippen LogP) is 3.66. The summed E-state index contributed by atoms with van der Waals surface area (Å²) in [6, 6.07) is 19.4. The number of nitrogens with zero attached hydrogens (tertiary/aromatic N) is 2. The van der Waals surface area contributed by atoms with Crippen molar-refractivity contribution in [1.29, 1.82) is 0 Å². The number of sulfonamides is 1. The number of rotatable bonds is 7. The zero-order valence-corrected chi connectivity index (χ0v) is 19.6. The minimum atomic E-state index is -3.74. The van der Waals surface area contributed by atoms with Crippen molar-refractivity contribution >= 4 is 27.3 Å². The van der Waals surface area contributed by atoms with Crippen LogP contribution in [0.5, 0.6) is 5.75 Å². The highest BCUT2D eigenvalue weighted by molar-refractivity contribution is 7.92. The van der Waals surface area contributed by atoms with E-state index in [1.807, 2.05) is 19.1 Å². The SMILES string of the molecule is Cc1ccccc1NS(=O)(=O)c1ccc(OCC(=O)N2CCN(c3ccc(F)cc3)CC2)cc1. The zero-order chi connectivity index (χ0) is 24.1. The van der Waals surface area contributed by atoms with Gasteiger partial charge in [-0.15, -0.1) is 0 Å². The predicted molar refractivity (Wildman–Crippen MR) is 129 cm³/mol. The van der Waals surface area contributed by atoms with Crippen molar-refractivity contribution in [2.45, 2.75) is 11.8 Å². The Hall–Kier alpha value is -3.59. The topological polar surface area (TPSA) is 78.9 Å². The standard InChI is InChI=1S/C25H26FN3O4S/c1-19-4-2-3-5-24(19)27-34(31,32)23-12-10-22(11-13-23)33-18-25(30)29-16-14-28(15-17-29)21-8-6-20(26)7-9-21/h2-13,27H,14-18H2,1H3. The molecule has 0 saturated carbocycles. The summed E-state index contributed by atoms with van der Waals surface area (Å²) in [5, 5.41) is 0. The van der Waals surface area contributed by atoms with Crippen molar-refractivity contribution in [1.82, 2.24) is 4.90 Å². The van der Waals surface area contributed by atoms with Gasteiger partial charge in [-0.25, -0.2) is 12.8 Å². The second-order valence-electron chi connectivity index (χ2n) is 8.02. The Bertz CT molecular complexity index is 1240. The second kappa shape index (κ2) is 10.1. The molecule has 7 nitrogen and oxygen atoms in total. The highest BCUT2D eigenvalue weighted by atomic mass is 32.2. The van der Waals surface area contributed by atoms with Gasteiger partial charge in [0.25, 0.3) is 15.9 Å². The van der Waals surface area contributed by atoms with Crippen LogP contribution in [0, 0.1) is 12.7 Å². The van der Waals surface area contributed by atoms with Crippen molar-refractivity contribution in [3.05, 3.63) is 84.2 Å². The first kappa shape index (κ1) is 23.6. The van der Waals surface area contributed by atoms with E-state index in [4.69, 9.17) is 4.74 Å². The van der Waals surface area contributed by atoms with Gasteiger partial charge in [-0.2, -0.15) is 0 Å². The van der Waals surface area contributed by atoms with Crippen LogP contribution in [-0.4, -0.2) is 52.0 Å². The van der Waals surface area contributed by atoms with E-state index in [9.17, 15) is 17.6 Å². The van der Waals surface area contributed by atoms with Gasteiger partial charge in [0.05, 0.1) is 10.6 Å². The molecule has 0 aliphatic carbocycles. The number of amides is 1. The molecule has 3 aromatic rings. The van der Waals surface area contributed by atoms with Crippen molar-refractivity contribution in [3.63, 3.8) is 0 Å². The van der Waals surface area contributed by atoms with Crippen molar-refractivity contribution in [3.8, 4) is 5.75 Å². The third-order valence-electron chi connectivity index (χ3n) is 5.71. The fourth-order valence-corrected chi connectivity index (χ4v) is 4.84. The number of hydrogen-bond acceptors (Lipinski definition) is 5. The van der Waals surface area contributed by atoms with Crippen LogP contribution in [0.2, 0.25) is 0 Å². The third kappa shape index (κ3) is 5.66. The van der Waals surface area contributed by atoms with Gasteiger partial charge in [0.15, 0.2) is 6.61 Å². The van der Waals surface area contributed by atoms with Crippen molar-refractivity contribution in [2.24, 2.45) is 0 Å². The summed E-state index contributed by atoms with van der Waals surface area (Å²) >= 11 is 0. The lowest BCUT2D eigenvalue weighted by Crippen LogP contribution is -2.50. The number of benzene rings is 3. The van der Waals surface area contributed by atoms with Crippen molar-refractivity contribution < 1.29 is 22.3 Å². The fraction of sp³-hybridized carbons (Fsp3) is 0.240. The molecule has 4 rings (SSSR count). The maximum absolute atomic E-state index is 13.1. The van der Waals surface area contributed by atoms with Crippen LogP contribution in [0.3, 0.4) is 0 Å². The maximum Gasteiger partial charge on any atom is 0.261 e. The maximum atomic E-state index is 13.1. The van der Waals surface area contributed by atoms with E-state index in [2.05, 4.69) is 9.62 Å². The summed E-state index contributed by atoms with van der Waals surface area (Å²) in [4.78, 5) is 16.5. The summed E-state index contributed by atoms with van der Waals surface area (Å²) in [5.41, 5.74) is 2.27. The number of nitrogens with one attached hydrogen (secondary N) is 1. The van der Waals surface area contributed by atoms with Gasteiger partial charge in [0, 0.05) is 31.9 Å². The van der Waals surface area contributed by atoms with Gasteiger partial charge < -0.3 is 14.5 Å². The summed E-state index contributed by atoms with van der Waals surface area (Å²) in [6.07, 6.45) is 0. The number of para-hydroxylation sites is 1. The summed E-state index contributed by atoms with van der Waals surface area (Å²) in [5.74, 6) is -0.00675. The van der Waals surface area contributed by atoms with Gasteiger partial charge in [-0.3, -0.25) is 9.52 Å². The van der Waals surface area contributed by atoms with Gasteiger partial charge in [-0.05, 0) is 67.1 Å². The molecular weight excluding hydrogens is 457 g/mol. The van der Waals surface area contributed by atoms with Crippen molar-refractivity contribution in [2.75, 3.05) is 42.4 Å². The van der Waals surface area contributed by atoms with Gasteiger partial charge in [0.2, 0.25) is 0 Å². The molecule has 1 aliphatic heterocycles. The normalized spacial score (nSPS) is 14.1. The molecule has 0 spiro atoms. The highest BCUT2D eigenvalue weighted by Crippen LogP contribution is 2.22. The lowest BCUT2D eigenvalue weighted by atomic mass is 10.2. The molecule has 0 aromatic heterocycles. The molecule has 0 unspecified atom stereocenters. The average Bonchev–Trinajstić information content (AvgIpc) is 2.85. The van der Waals surface area contributed by atoms with E-state index < -0.39 is 10.0 Å². The molecule has 34 heavy (non-hydrogen) atoms. The number of anilines is 2. The number of halogens is 1. The van der Waals surface area contributed by atoms with E-state index in [-0.39, 0.29) is 23.2 Å². The molecule has 1 heterocycles. The number of hydrogen-bond donors (Lipinski definition) is 1. The van der Waals surface area contributed by atoms with Gasteiger partial charge in [-0.1, -0.05) is 18.2 Å². The van der Waals surface area contributed by atoms with Gasteiger partial charge >= 0.3 is 0 Å². The van der Waals surface area contributed by atoms with E-state index >= 15 is 0 Å². The first-order chi connectivity index (χ1) is 16.3. The fourth-order valence-electron chi connectivity index (χ4n) is 3.71. The third-order valence-corrected chi connectivity index (χ3v) is 7.09. The minimum Gasteiger partial charge on any atom is -0.484 e. The van der Waals surface area contributed by atoms with Crippen LogP contribution in [0.25, 0.3) is 0 Å². The Labute approximate surface area is 198 Å². The molecule has 3 aromatic carbocycles. The van der Waals surface area contributed by atoms with Crippen LogP contribution in [-0.2, 0) is 14.8 Å². The number of carbonyl (C=O) groups excluding carboxylic acids is 1. The smallest absolute Gasteiger partial charge is 0.261 e. The minimum absolute atomic E-state index is 0.103. The molecule has 0 radical (unpaired) electrons. The Kier molecular flexibility index (Phi) is 7.02. The first-order valence-corrected chi connectivity index (χ1v) is 12.4. The quantitative estimate of drug-likeness (QED) is 0.555. The largest absolute Gasteiger partial charge is 0.484 e. The molecular formula is C25H26FN3O4S. The molecule has 1 aliphatic rings. The summed E-state index contributed by atoms with van der Waals surface area (Å²) < 4.78 is 46.6. The molecule has 1 amide bonds. The Morgan fingerprint density at radius 1 is 0.941 bits per heavy atom. The number of piperazine rings is 1. The number of carbonyl (C=O) groups is 1. The van der Waals surface area contributed by atoms with Crippen LogP contribution in [0.1, 0.15) is 5.56 Å². The second-order valence-corrected chi connectivity index (χ2v) is 9.71. The lowest BCUT2D eigenvalue weighted by molar-refractivity contribution is -0.133.